The van der Waals surface area contributed by atoms with Gasteiger partial charge in [0.05, 0.1) is 5.75 Å². The van der Waals surface area contributed by atoms with Gasteiger partial charge in [-0.15, -0.1) is 5.73 Å². The van der Waals surface area contributed by atoms with Gasteiger partial charge < -0.3 is 9.47 Å². The second kappa shape index (κ2) is 6.17. The lowest BCUT2D eigenvalue weighted by Crippen LogP contribution is -2.18. The minimum Gasteiger partial charge on any atom is -0.454 e. The molecule has 0 aromatic carbocycles. The van der Waals surface area contributed by atoms with Crippen LogP contribution >= 0.6 is 12.6 Å². The number of allylic oxidation sites excluding steroid dienone is 4. The van der Waals surface area contributed by atoms with Crippen LogP contribution in [0.4, 0.5) is 0 Å². The maximum absolute atomic E-state index is 10.9. The standard InChI is InChI=1S/C11H12O3S/c1-9(14-11(12)8-15)13-10-6-4-2-3-5-7-10/h2-4,6-7,9,15H,8H2,1H3. The van der Waals surface area contributed by atoms with Crippen LogP contribution in [-0.4, -0.2) is 18.0 Å². The van der Waals surface area contributed by atoms with Gasteiger partial charge in [-0.3, -0.25) is 4.79 Å². The second-order valence-corrected chi connectivity index (χ2v) is 3.08. The third kappa shape index (κ3) is 4.58. The number of rotatable bonds is 4. The lowest BCUT2D eigenvalue weighted by atomic mass is 10.4. The second-order valence-electron chi connectivity index (χ2n) is 2.77. The third-order valence-electron chi connectivity index (χ3n) is 1.52. The van der Waals surface area contributed by atoms with Crippen LogP contribution in [0.5, 0.6) is 0 Å². The van der Waals surface area contributed by atoms with Gasteiger partial charge in [0.15, 0.2) is 0 Å². The van der Waals surface area contributed by atoms with Crippen LogP contribution in [0.2, 0.25) is 0 Å². The molecule has 3 nitrogen and oxygen atoms in total. The first kappa shape index (κ1) is 11.7. The molecule has 1 unspecified atom stereocenters. The molecule has 0 fully saturated rings. The summed E-state index contributed by atoms with van der Waals surface area (Å²) in [6.45, 7) is 1.65. The fourth-order valence-electron chi connectivity index (χ4n) is 0.951. The molecule has 1 rings (SSSR count). The van der Waals surface area contributed by atoms with E-state index in [-0.39, 0.29) is 5.75 Å². The summed E-state index contributed by atoms with van der Waals surface area (Å²) in [5, 5.41) is 0. The van der Waals surface area contributed by atoms with Crippen LogP contribution in [-0.2, 0) is 14.3 Å². The minimum atomic E-state index is -0.625. The number of carbonyl (C=O) groups is 1. The predicted molar refractivity (Wildman–Crippen MR) is 60.4 cm³/mol. The molecule has 0 spiro atoms. The van der Waals surface area contributed by atoms with Crippen LogP contribution in [0, 0.1) is 0 Å². The summed E-state index contributed by atoms with van der Waals surface area (Å²) in [7, 11) is 0. The number of ether oxygens (including phenoxy) is 2. The molecule has 0 bridgehead atoms. The molecular formula is C11H12O3S. The number of hydrogen-bond acceptors (Lipinski definition) is 4. The molecule has 0 heterocycles. The van der Waals surface area contributed by atoms with Gasteiger partial charge in [-0.25, -0.2) is 0 Å². The Morgan fingerprint density at radius 1 is 1.60 bits per heavy atom. The Kier molecular flexibility index (Phi) is 4.81. The SMILES string of the molecule is CC(OC(=O)CS)OC1=CC=CC=C=C1. The summed E-state index contributed by atoms with van der Waals surface area (Å²) in [5.74, 6) is 0.233. The molecule has 0 aromatic heterocycles. The average molecular weight is 224 g/mol. The fourth-order valence-corrected chi connectivity index (χ4v) is 1.03. The third-order valence-corrected chi connectivity index (χ3v) is 1.78. The molecule has 1 aliphatic rings. The van der Waals surface area contributed by atoms with Crippen molar-refractivity contribution in [3.8, 4) is 0 Å². The van der Waals surface area contributed by atoms with E-state index in [0.29, 0.717) is 5.76 Å². The summed E-state index contributed by atoms with van der Waals surface area (Å²) < 4.78 is 10.2. The van der Waals surface area contributed by atoms with E-state index in [9.17, 15) is 4.79 Å². The summed E-state index contributed by atoms with van der Waals surface area (Å²) in [6, 6.07) is 0. The maximum atomic E-state index is 10.9. The van der Waals surface area contributed by atoms with Gasteiger partial charge in [-0.1, -0.05) is 12.2 Å². The monoisotopic (exact) mass is 224 g/mol. The number of esters is 1. The summed E-state index contributed by atoms with van der Waals surface area (Å²) in [4.78, 5) is 10.9. The van der Waals surface area contributed by atoms with Crippen LogP contribution in [0.1, 0.15) is 6.92 Å². The fraction of sp³-hybridized carbons (Fsp3) is 0.273. The molecule has 0 amide bonds. The van der Waals surface area contributed by atoms with Gasteiger partial charge in [0.1, 0.15) is 5.76 Å². The highest BCUT2D eigenvalue weighted by atomic mass is 32.1. The van der Waals surface area contributed by atoms with Crippen molar-refractivity contribution in [3.05, 3.63) is 41.9 Å². The summed E-state index contributed by atoms with van der Waals surface area (Å²) in [5.41, 5.74) is 2.88. The van der Waals surface area contributed by atoms with Gasteiger partial charge >= 0.3 is 5.97 Å². The maximum Gasteiger partial charge on any atom is 0.318 e. The first-order chi connectivity index (χ1) is 7.22. The zero-order valence-electron chi connectivity index (χ0n) is 8.34. The van der Waals surface area contributed by atoms with E-state index in [4.69, 9.17) is 9.47 Å². The van der Waals surface area contributed by atoms with E-state index in [1.165, 1.54) is 0 Å². The van der Waals surface area contributed by atoms with Crippen LogP contribution in [0.25, 0.3) is 0 Å². The first-order valence-electron chi connectivity index (χ1n) is 4.49. The van der Waals surface area contributed by atoms with Crippen molar-refractivity contribution in [2.24, 2.45) is 0 Å². The van der Waals surface area contributed by atoms with Gasteiger partial charge in [-0.2, -0.15) is 12.6 Å². The Balaban J connectivity index is 2.47. The molecule has 0 saturated carbocycles. The van der Waals surface area contributed by atoms with E-state index < -0.39 is 12.3 Å². The Hall–Kier alpha value is -1.38. The van der Waals surface area contributed by atoms with E-state index in [2.05, 4.69) is 18.4 Å². The number of thiol groups is 1. The van der Waals surface area contributed by atoms with Crippen molar-refractivity contribution in [1.82, 2.24) is 0 Å². The molecule has 0 N–H and O–H groups in total. The van der Waals surface area contributed by atoms with Crippen molar-refractivity contribution in [2.75, 3.05) is 5.75 Å². The Morgan fingerprint density at radius 2 is 2.40 bits per heavy atom. The zero-order valence-corrected chi connectivity index (χ0v) is 9.24. The lowest BCUT2D eigenvalue weighted by molar-refractivity contribution is -0.163. The van der Waals surface area contributed by atoms with Crippen molar-refractivity contribution < 1.29 is 14.3 Å². The van der Waals surface area contributed by atoms with Crippen molar-refractivity contribution >= 4 is 18.6 Å². The quantitative estimate of drug-likeness (QED) is 0.343. The molecule has 0 aliphatic heterocycles. The smallest absolute Gasteiger partial charge is 0.318 e. The largest absolute Gasteiger partial charge is 0.454 e. The molecule has 0 radical (unpaired) electrons. The molecule has 15 heavy (non-hydrogen) atoms. The average Bonchev–Trinajstić information content (AvgIpc) is 2.46. The van der Waals surface area contributed by atoms with E-state index in [1.807, 2.05) is 12.2 Å². The van der Waals surface area contributed by atoms with Gasteiger partial charge in [-0.05, 0) is 12.2 Å². The van der Waals surface area contributed by atoms with Gasteiger partial charge in [0.25, 0.3) is 0 Å². The Morgan fingerprint density at radius 3 is 3.13 bits per heavy atom. The highest BCUT2D eigenvalue weighted by molar-refractivity contribution is 7.81. The van der Waals surface area contributed by atoms with Crippen molar-refractivity contribution in [3.63, 3.8) is 0 Å². The van der Waals surface area contributed by atoms with Crippen LogP contribution in [0.3, 0.4) is 0 Å². The Bertz CT molecular complexity index is 349. The molecule has 4 heteroatoms. The molecule has 80 valence electrons. The molecule has 1 atom stereocenters. The van der Waals surface area contributed by atoms with Crippen molar-refractivity contribution in [2.45, 2.75) is 13.2 Å². The van der Waals surface area contributed by atoms with Crippen LogP contribution < -0.4 is 0 Å². The van der Waals surface area contributed by atoms with E-state index in [1.54, 1.807) is 25.2 Å². The van der Waals surface area contributed by atoms with Crippen molar-refractivity contribution in [1.29, 1.82) is 0 Å². The van der Waals surface area contributed by atoms with Gasteiger partial charge in [0.2, 0.25) is 6.29 Å². The normalized spacial score (nSPS) is 15.5. The molecule has 1 aliphatic carbocycles. The van der Waals surface area contributed by atoms with E-state index in [0.717, 1.165) is 0 Å². The van der Waals surface area contributed by atoms with Gasteiger partial charge in [0, 0.05) is 13.0 Å². The molecule has 0 aromatic rings. The summed E-state index contributed by atoms with van der Waals surface area (Å²) in [6.07, 6.45) is 8.22. The highest BCUT2D eigenvalue weighted by Gasteiger charge is 2.09. The minimum absolute atomic E-state index is 0.0440. The highest BCUT2D eigenvalue weighted by Crippen LogP contribution is 2.07. The molecule has 0 saturated heterocycles. The lowest BCUT2D eigenvalue weighted by Gasteiger charge is -2.14. The number of carbonyl (C=O) groups excluding carboxylic acids is 1. The topological polar surface area (TPSA) is 35.5 Å². The first-order valence-corrected chi connectivity index (χ1v) is 5.12. The Labute approximate surface area is 94.2 Å². The summed E-state index contributed by atoms with van der Waals surface area (Å²) >= 11 is 3.79. The zero-order chi connectivity index (χ0) is 11.1. The van der Waals surface area contributed by atoms with E-state index >= 15 is 0 Å². The number of hydrogen-bond donors (Lipinski definition) is 1. The predicted octanol–water partition coefficient (Wildman–Crippen LogP) is 1.99. The molecular weight excluding hydrogens is 212 g/mol. The van der Waals surface area contributed by atoms with Crippen LogP contribution in [0.15, 0.2) is 41.9 Å².